The van der Waals surface area contributed by atoms with Crippen LogP contribution < -0.4 is 10.0 Å². The van der Waals surface area contributed by atoms with Crippen LogP contribution in [0.4, 0.5) is 0 Å². The minimum Gasteiger partial charge on any atom is -0.363 e. The van der Waals surface area contributed by atoms with E-state index < -0.39 is 10.0 Å². The molecule has 0 aromatic carbocycles. The van der Waals surface area contributed by atoms with Crippen molar-refractivity contribution < 1.29 is 8.42 Å². The Kier molecular flexibility index (Phi) is 2.81. The molecule has 0 atom stereocenters. The Morgan fingerprint density at radius 1 is 1.50 bits per heavy atom. The summed E-state index contributed by atoms with van der Waals surface area (Å²) < 4.78 is 26.6. The van der Waals surface area contributed by atoms with Crippen molar-refractivity contribution >= 4 is 10.0 Å². The smallest absolute Gasteiger partial charge is 0.242 e. The molecule has 5 nitrogen and oxygen atoms in total. The molecule has 2 rings (SSSR count). The highest BCUT2D eigenvalue weighted by atomic mass is 32.2. The SMILES string of the molecule is CNCc1cc(S(=O)(=O)NC2(C)CC2)c[nH]1. The van der Waals surface area contributed by atoms with E-state index in [0.29, 0.717) is 11.4 Å². The number of rotatable bonds is 5. The minimum atomic E-state index is -3.36. The summed E-state index contributed by atoms with van der Waals surface area (Å²) in [5.41, 5.74) is 0.642. The van der Waals surface area contributed by atoms with Crippen molar-refractivity contribution in [1.82, 2.24) is 15.0 Å². The van der Waals surface area contributed by atoms with E-state index in [1.165, 1.54) is 6.20 Å². The van der Waals surface area contributed by atoms with Gasteiger partial charge in [-0.2, -0.15) is 0 Å². The lowest BCUT2D eigenvalue weighted by molar-refractivity contribution is 0.558. The van der Waals surface area contributed by atoms with Crippen molar-refractivity contribution in [3.8, 4) is 0 Å². The summed E-state index contributed by atoms with van der Waals surface area (Å²) in [7, 11) is -1.54. The molecule has 1 heterocycles. The second kappa shape index (κ2) is 3.87. The first-order valence-electron chi connectivity index (χ1n) is 5.31. The van der Waals surface area contributed by atoms with E-state index >= 15 is 0 Å². The van der Waals surface area contributed by atoms with E-state index in [2.05, 4.69) is 15.0 Å². The Labute approximate surface area is 95.7 Å². The molecule has 6 heteroatoms. The lowest BCUT2D eigenvalue weighted by Crippen LogP contribution is -2.33. The molecule has 3 N–H and O–H groups in total. The van der Waals surface area contributed by atoms with Crippen molar-refractivity contribution in [1.29, 1.82) is 0 Å². The molecule has 0 bridgehead atoms. The van der Waals surface area contributed by atoms with E-state index in [-0.39, 0.29) is 5.54 Å². The number of sulfonamides is 1. The van der Waals surface area contributed by atoms with Crippen molar-refractivity contribution in [3.63, 3.8) is 0 Å². The number of aromatic nitrogens is 1. The second-order valence-corrected chi connectivity index (χ2v) is 6.24. The number of aromatic amines is 1. The lowest BCUT2D eigenvalue weighted by Gasteiger charge is -2.10. The normalized spacial score (nSPS) is 18.6. The van der Waals surface area contributed by atoms with E-state index in [9.17, 15) is 8.42 Å². The first kappa shape index (κ1) is 11.6. The highest BCUT2D eigenvalue weighted by molar-refractivity contribution is 7.89. The summed E-state index contributed by atoms with van der Waals surface area (Å²) >= 11 is 0. The van der Waals surface area contributed by atoms with Gasteiger partial charge in [0.15, 0.2) is 0 Å². The van der Waals surface area contributed by atoms with Crippen LogP contribution in [0.2, 0.25) is 0 Å². The molecule has 1 aliphatic carbocycles. The summed E-state index contributed by atoms with van der Waals surface area (Å²) in [5, 5.41) is 2.96. The standard InChI is InChI=1S/C10H17N3O2S/c1-10(3-4-10)13-16(14,15)9-5-8(6-11-2)12-7-9/h5,7,11-13H,3-4,6H2,1-2H3. The maximum Gasteiger partial charge on any atom is 0.242 e. The van der Waals surface area contributed by atoms with Gasteiger partial charge in [-0.05, 0) is 32.9 Å². The fourth-order valence-electron chi connectivity index (χ4n) is 1.54. The van der Waals surface area contributed by atoms with E-state index in [1.54, 1.807) is 6.07 Å². The monoisotopic (exact) mass is 243 g/mol. The van der Waals surface area contributed by atoms with Crippen LogP contribution in [0.3, 0.4) is 0 Å². The third kappa shape index (κ3) is 2.45. The van der Waals surface area contributed by atoms with E-state index in [1.807, 2.05) is 14.0 Å². The topological polar surface area (TPSA) is 74.0 Å². The predicted molar refractivity (Wildman–Crippen MR) is 61.5 cm³/mol. The quantitative estimate of drug-likeness (QED) is 0.707. The summed E-state index contributed by atoms with van der Waals surface area (Å²) in [6.45, 7) is 2.55. The Bertz CT molecular complexity index is 474. The number of hydrogen-bond donors (Lipinski definition) is 3. The molecule has 1 saturated carbocycles. The minimum absolute atomic E-state index is 0.223. The number of nitrogens with one attached hydrogen (secondary N) is 3. The van der Waals surface area contributed by atoms with Gasteiger partial charge in [0.1, 0.15) is 0 Å². The molecule has 90 valence electrons. The fraction of sp³-hybridized carbons (Fsp3) is 0.600. The van der Waals surface area contributed by atoms with Crippen molar-refractivity contribution in [2.75, 3.05) is 7.05 Å². The van der Waals surface area contributed by atoms with Crippen LogP contribution in [0.1, 0.15) is 25.5 Å². The Morgan fingerprint density at radius 2 is 2.19 bits per heavy atom. The number of hydrogen-bond acceptors (Lipinski definition) is 3. The third-order valence-corrected chi connectivity index (χ3v) is 4.39. The molecule has 0 aliphatic heterocycles. The summed E-state index contributed by atoms with van der Waals surface area (Å²) in [6, 6.07) is 1.66. The van der Waals surface area contributed by atoms with E-state index in [0.717, 1.165) is 18.5 Å². The maximum absolute atomic E-state index is 12.0. The average molecular weight is 243 g/mol. The fourth-order valence-corrected chi connectivity index (χ4v) is 3.02. The first-order valence-corrected chi connectivity index (χ1v) is 6.79. The number of H-pyrrole nitrogens is 1. The van der Waals surface area contributed by atoms with Crippen LogP contribution in [0.5, 0.6) is 0 Å². The van der Waals surface area contributed by atoms with Crippen LogP contribution in [0.15, 0.2) is 17.2 Å². The van der Waals surface area contributed by atoms with Gasteiger partial charge in [0.05, 0.1) is 4.90 Å². The summed E-state index contributed by atoms with van der Waals surface area (Å²) in [5.74, 6) is 0. The van der Waals surface area contributed by atoms with Crippen LogP contribution in [0, 0.1) is 0 Å². The largest absolute Gasteiger partial charge is 0.363 e. The highest BCUT2D eigenvalue weighted by Crippen LogP contribution is 2.35. The van der Waals surface area contributed by atoms with Crippen LogP contribution in [-0.2, 0) is 16.6 Å². The van der Waals surface area contributed by atoms with Gasteiger partial charge < -0.3 is 10.3 Å². The second-order valence-electron chi connectivity index (χ2n) is 4.56. The molecule has 1 aromatic rings. The van der Waals surface area contributed by atoms with Crippen LogP contribution in [-0.4, -0.2) is 26.0 Å². The van der Waals surface area contributed by atoms with Crippen LogP contribution >= 0.6 is 0 Å². The summed E-state index contributed by atoms with van der Waals surface area (Å²) in [6.07, 6.45) is 3.36. The van der Waals surface area contributed by atoms with Gasteiger partial charge >= 0.3 is 0 Å². The predicted octanol–water partition coefficient (Wildman–Crippen LogP) is 0.565. The van der Waals surface area contributed by atoms with Gasteiger partial charge in [0.2, 0.25) is 10.0 Å². The molecule has 1 aromatic heterocycles. The molecule has 0 spiro atoms. The molecule has 1 fully saturated rings. The molecule has 0 saturated heterocycles. The Hall–Kier alpha value is -0.850. The Balaban J connectivity index is 2.15. The van der Waals surface area contributed by atoms with Crippen molar-refractivity contribution in [2.45, 2.75) is 36.7 Å². The molecule has 1 aliphatic rings. The molecular formula is C10H17N3O2S. The summed E-state index contributed by atoms with van der Waals surface area (Å²) in [4.78, 5) is 3.25. The van der Waals surface area contributed by atoms with Gasteiger partial charge in [0, 0.05) is 24.0 Å². The zero-order chi connectivity index (χ0) is 11.8. The van der Waals surface area contributed by atoms with E-state index in [4.69, 9.17) is 0 Å². The highest BCUT2D eigenvalue weighted by Gasteiger charge is 2.41. The van der Waals surface area contributed by atoms with Gasteiger partial charge in [-0.25, -0.2) is 13.1 Å². The van der Waals surface area contributed by atoms with Gasteiger partial charge in [-0.1, -0.05) is 0 Å². The molecular weight excluding hydrogens is 226 g/mol. The zero-order valence-electron chi connectivity index (χ0n) is 9.50. The van der Waals surface area contributed by atoms with Gasteiger partial charge in [0.25, 0.3) is 0 Å². The van der Waals surface area contributed by atoms with Crippen molar-refractivity contribution in [2.24, 2.45) is 0 Å². The van der Waals surface area contributed by atoms with Crippen LogP contribution in [0.25, 0.3) is 0 Å². The van der Waals surface area contributed by atoms with Gasteiger partial charge in [-0.3, -0.25) is 0 Å². The third-order valence-electron chi connectivity index (χ3n) is 2.77. The lowest BCUT2D eigenvalue weighted by atomic mass is 10.4. The molecule has 0 radical (unpaired) electrons. The Morgan fingerprint density at radius 3 is 2.75 bits per heavy atom. The average Bonchev–Trinajstić information content (AvgIpc) is 2.73. The first-order chi connectivity index (χ1) is 7.45. The zero-order valence-corrected chi connectivity index (χ0v) is 10.3. The van der Waals surface area contributed by atoms with Gasteiger partial charge in [-0.15, -0.1) is 0 Å². The molecule has 0 unspecified atom stereocenters. The maximum atomic E-state index is 12.0. The molecule has 0 amide bonds. The van der Waals surface area contributed by atoms with Crippen molar-refractivity contribution in [3.05, 3.63) is 18.0 Å². The molecule has 16 heavy (non-hydrogen) atoms.